The van der Waals surface area contributed by atoms with E-state index in [-0.39, 0.29) is 30.1 Å². The van der Waals surface area contributed by atoms with Crippen LogP contribution < -0.4 is 0 Å². The van der Waals surface area contributed by atoms with Crippen LogP contribution in [0.1, 0.15) is 30.1 Å². The van der Waals surface area contributed by atoms with Crippen LogP contribution in [0.2, 0.25) is 0 Å². The highest BCUT2D eigenvalue weighted by molar-refractivity contribution is 5.96. The predicted octanol–water partition coefficient (Wildman–Crippen LogP) is 3.29. The zero-order chi connectivity index (χ0) is 12.0. The number of hydrogen-bond donors (Lipinski definition) is 1. The minimum atomic E-state index is -0.0663. The van der Waals surface area contributed by atoms with Crippen molar-refractivity contribution in [3.63, 3.8) is 0 Å². The number of Topliss-reactive ketones (excluding diaryl/α,β-unsaturated/α-hetero) is 1. The molecule has 0 aliphatic carbocycles. The van der Waals surface area contributed by atoms with Crippen LogP contribution in [0.25, 0.3) is 4.98 Å². The van der Waals surface area contributed by atoms with E-state index in [4.69, 9.17) is 10.5 Å². The number of aliphatic hydroxyl groups is 1. The Kier molecular flexibility index (Phi) is 4.22. The fourth-order valence-electron chi connectivity index (χ4n) is 1.30. The van der Waals surface area contributed by atoms with Gasteiger partial charge in [0.25, 0.3) is 0 Å². The molecule has 0 fully saturated rings. The van der Waals surface area contributed by atoms with Crippen LogP contribution in [0, 0.1) is 5.39 Å². The normalized spacial score (nSPS) is 11.5. The van der Waals surface area contributed by atoms with Gasteiger partial charge in [-0.15, -0.1) is 0 Å². The first kappa shape index (κ1) is 11.9. The average Bonchev–Trinajstić information content (AvgIpc) is 2.30. The first-order chi connectivity index (χ1) is 7.65. The maximum absolute atomic E-state index is 11.7. The molecule has 4 nitrogen and oxygen atoms in total. The highest BCUT2D eigenvalue weighted by atomic mass is 16.3. The Morgan fingerprint density at radius 1 is 1.31 bits per heavy atom. The molecule has 0 saturated carbocycles. The molecule has 0 radical (unpaired) electrons. The van der Waals surface area contributed by atoms with Crippen LogP contribution in [0.5, 0.6) is 0 Å². The molecule has 1 aromatic rings. The molecule has 16 heavy (non-hydrogen) atoms. The number of nitrogens with zero attached hydrogens (tertiary/aromatic N) is 2. The number of hydrogen-bond acceptors (Lipinski definition) is 3. The van der Waals surface area contributed by atoms with Gasteiger partial charge in [-0.25, -0.2) is 0 Å². The molecule has 0 atom stereocenters. The van der Waals surface area contributed by atoms with Gasteiger partial charge in [0, 0.05) is 18.9 Å². The van der Waals surface area contributed by atoms with E-state index in [0.29, 0.717) is 5.56 Å². The summed E-state index contributed by atoms with van der Waals surface area (Å²) in [6.45, 7) is 1.42. The van der Waals surface area contributed by atoms with E-state index in [0.717, 1.165) is 0 Å². The van der Waals surface area contributed by atoms with Crippen molar-refractivity contribution < 1.29 is 9.90 Å². The molecule has 1 N–H and O–H groups in total. The van der Waals surface area contributed by atoms with E-state index in [2.05, 4.69) is 4.98 Å². The summed E-state index contributed by atoms with van der Waals surface area (Å²) >= 11 is 0. The fourth-order valence-corrected chi connectivity index (χ4v) is 1.30. The standard InChI is InChI=1S/C12H12N2O2/c1-9(15)11(14-13)7-8-12(16)10-5-3-2-4-6-10/h2-6H,7-8H2,1H3/p+1/b11-9+. The summed E-state index contributed by atoms with van der Waals surface area (Å²) in [6, 6.07) is 8.87. The molecule has 0 heterocycles. The smallest absolute Gasteiger partial charge is 0.398 e. The Bertz CT molecular complexity index is 440. The third-order valence-electron chi connectivity index (χ3n) is 2.22. The Hall–Kier alpha value is -2.15. The Morgan fingerprint density at radius 2 is 1.94 bits per heavy atom. The second-order valence-electron chi connectivity index (χ2n) is 3.42. The third kappa shape index (κ3) is 3.21. The van der Waals surface area contributed by atoms with Crippen molar-refractivity contribution >= 4 is 5.78 Å². The van der Waals surface area contributed by atoms with Crippen LogP contribution in [0.3, 0.4) is 0 Å². The lowest BCUT2D eigenvalue weighted by Gasteiger charge is -1.96. The number of ketones is 1. The molecule has 4 heteroatoms. The van der Waals surface area contributed by atoms with E-state index in [9.17, 15) is 4.79 Å². The summed E-state index contributed by atoms with van der Waals surface area (Å²) in [5.41, 5.74) is 0.764. The SMILES string of the molecule is C/C(O)=C(/CCC(=O)c1ccccc1)[N+]#N. The van der Waals surface area contributed by atoms with Crippen LogP contribution in [-0.4, -0.2) is 10.9 Å². The monoisotopic (exact) mass is 217 g/mol. The summed E-state index contributed by atoms with van der Waals surface area (Å²) in [5, 5.41) is 17.7. The van der Waals surface area contributed by atoms with Gasteiger partial charge in [-0.05, 0) is 0 Å². The molecule has 0 saturated heterocycles. The van der Waals surface area contributed by atoms with Gasteiger partial charge in [-0.2, -0.15) is 0 Å². The topological polar surface area (TPSA) is 65.4 Å². The number of carbonyl (C=O) groups is 1. The quantitative estimate of drug-likeness (QED) is 0.478. The van der Waals surface area contributed by atoms with E-state index in [1.54, 1.807) is 24.3 Å². The molecule has 0 aliphatic heterocycles. The lowest BCUT2D eigenvalue weighted by atomic mass is 10.1. The van der Waals surface area contributed by atoms with Crippen molar-refractivity contribution in [1.82, 2.24) is 0 Å². The molecular weight excluding hydrogens is 204 g/mol. The summed E-state index contributed by atoms with van der Waals surface area (Å²) in [6.07, 6.45) is 0.438. The average molecular weight is 217 g/mol. The van der Waals surface area contributed by atoms with Crippen LogP contribution in [0.15, 0.2) is 41.8 Å². The van der Waals surface area contributed by atoms with Gasteiger partial charge in [0.2, 0.25) is 5.39 Å². The Labute approximate surface area is 93.8 Å². The van der Waals surface area contributed by atoms with Crippen molar-refractivity contribution in [3.8, 4) is 0 Å². The highest BCUT2D eigenvalue weighted by Gasteiger charge is 2.17. The Morgan fingerprint density at radius 3 is 2.44 bits per heavy atom. The number of carbonyl (C=O) groups excluding carboxylic acids is 1. The van der Waals surface area contributed by atoms with E-state index in [1.165, 1.54) is 6.92 Å². The van der Waals surface area contributed by atoms with Gasteiger partial charge in [0.1, 0.15) is 0 Å². The van der Waals surface area contributed by atoms with Crippen molar-refractivity contribution in [3.05, 3.63) is 52.3 Å². The van der Waals surface area contributed by atoms with Crippen molar-refractivity contribution in [2.45, 2.75) is 19.8 Å². The van der Waals surface area contributed by atoms with Crippen LogP contribution >= 0.6 is 0 Å². The van der Waals surface area contributed by atoms with Gasteiger partial charge >= 0.3 is 5.70 Å². The number of aliphatic hydroxyl groups excluding tert-OH is 1. The molecular formula is C12H13N2O2+. The molecule has 0 amide bonds. The van der Waals surface area contributed by atoms with Gasteiger partial charge in [-0.3, -0.25) is 4.79 Å². The van der Waals surface area contributed by atoms with E-state index < -0.39 is 0 Å². The fraction of sp³-hybridized carbons (Fsp3) is 0.250. The molecule has 0 aliphatic rings. The number of rotatable bonds is 4. The predicted molar refractivity (Wildman–Crippen MR) is 60.4 cm³/mol. The first-order valence-electron chi connectivity index (χ1n) is 4.97. The minimum Gasteiger partial charge on any atom is -0.505 e. The van der Waals surface area contributed by atoms with Crippen LogP contribution in [-0.2, 0) is 0 Å². The lowest BCUT2D eigenvalue weighted by molar-refractivity contribution is 0.0983. The van der Waals surface area contributed by atoms with Gasteiger partial charge in [-0.1, -0.05) is 30.3 Å². The second kappa shape index (κ2) is 5.66. The van der Waals surface area contributed by atoms with Crippen molar-refractivity contribution in [2.24, 2.45) is 0 Å². The largest absolute Gasteiger partial charge is 0.505 e. The number of diazo groups is 1. The second-order valence-corrected chi connectivity index (χ2v) is 3.42. The number of allylic oxidation sites excluding steroid dienone is 2. The minimum absolute atomic E-state index is 0.0389. The maximum Gasteiger partial charge on any atom is 0.398 e. The molecule has 1 aromatic carbocycles. The zero-order valence-electron chi connectivity index (χ0n) is 9.05. The first-order valence-corrected chi connectivity index (χ1v) is 4.97. The summed E-state index contributed by atoms with van der Waals surface area (Å²) < 4.78 is 0. The van der Waals surface area contributed by atoms with Gasteiger partial charge in [0.05, 0.1) is 6.42 Å². The molecule has 0 unspecified atom stereocenters. The molecule has 82 valence electrons. The zero-order valence-corrected chi connectivity index (χ0v) is 9.05. The van der Waals surface area contributed by atoms with E-state index >= 15 is 0 Å². The molecule has 0 aromatic heterocycles. The van der Waals surface area contributed by atoms with Gasteiger partial charge < -0.3 is 5.11 Å². The molecule has 1 rings (SSSR count). The lowest BCUT2D eigenvalue weighted by Crippen LogP contribution is -1.99. The van der Waals surface area contributed by atoms with Crippen molar-refractivity contribution in [1.29, 1.82) is 5.39 Å². The maximum atomic E-state index is 11.7. The van der Waals surface area contributed by atoms with Crippen molar-refractivity contribution in [2.75, 3.05) is 0 Å². The molecule has 0 spiro atoms. The summed E-state index contributed by atoms with van der Waals surface area (Å²) in [4.78, 5) is 14.6. The number of benzene rings is 1. The Balaban J connectivity index is 2.62. The van der Waals surface area contributed by atoms with Gasteiger partial charge in [0.15, 0.2) is 16.5 Å². The highest BCUT2D eigenvalue weighted by Crippen LogP contribution is 2.13. The van der Waals surface area contributed by atoms with E-state index in [1.807, 2.05) is 6.07 Å². The van der Waals surface area contributed by atoms with Crippen LogP contribution in [0.4, 0.5) is 0 Å². The summed E-state index contributed by atoms with van der Waals surface area (Å²) in [5.74, 6) is -0.105. The third-order valence-corrected chi connectivity index (χ3v) is 2.22. The molecule has 0 bridgehead atoms. The summed E-state index contributed by atoms with van der Waals surface area (Å²) in [7, 11) is 0.